The van der Waals surface area contributed by atoms with Crippen LogP contribution in [-0.4, -0.2) is 30.5 Å². The third kappa shape index (κ3) is 3.34. The smallest absolute Gasteiger partial charge is 0.224 e. The first-order valence-corrected chi connectivity index (χ1v) is 7.78. The molecule has 2 aromatic heterocycles. The van der Waals surface area contributed by atoms with E-state index in [4.69, 9.17) is 0 Å². The summed E-state index contributed by atoms with van der Waals surface area (Å²) < 4.78 is 3.52. The van der Waals surface area contributed by atoms with E-state index in [-0.39, 0.29) is 5.91 Å². The zero-order valence-corrected chi connectivity index (χ0v) is 14.0. The van der Waals surface area contributed by atoms with E-state index in [0.717, 1.165) is 28.3 Å². The van der Waals surface area contributed by atoms with E-state index in [9.17, 15) is 4.79 Å². The molecule has 1 aromatic carbocycles. The van der Waals surface area contributed by atoms with Crippen molar-refractivity contribution in [3.63, 3.8) is 0 Å². The summed E-state index contributed by atoms with van der Waals surface area (Å²) in [6.45, 7) is 4.00. The van der Waals surface area contributed by atoms with Gasteiger partial charge in [0.25, 0.3) is 0 Å². The average molecular weight is 324 g/mol. The minimum absolute atomic E-state index is 0.00819. The van der Waals surface area contributed by atoms with Gasteiger partial charge >= 0.3 is 0 Å². The molecule has 7 nitrogen and oxygen atoms in total. The van der Waals surface area contributed by atoms with Crippen molar-refractivity contribution in [1.29, 1.82) is 0 Å². The summed E-state index contributed by atoms with van der Waals surface area (Å²) in [4.78, 5) is 16.1. The van der Waals surface area contributed by atoms with Crippen molar-refractivity contribution in [2.24, 2.45) is 7.05 Å². The number of hydrogen-bond donors (Lipinski definition) is 1. The molecule has 3 rings (SSSR count). The first-order valence-electron chi connectivity index (χ1n) is 7.78. The van der Waals surface area contributed by atoms with Crippen LogP contribution in [0.4, 0.5) is 5.69 Å². The van der Waals surface area contributed by atoms with Gasteiger partial charge in [-0.1, -0.05) is 0 Å². The lowest BCUT2D eigenvalue weighted by Gasteiger charge is -2.07. The van der Waals surface area contributed by atoms with Gasteiger partial charge in [-0.2, -0.15) is 10.2 Å². The van der Waals surface area contributed by atoms with Crippen LogP contribution in [-0.2, 0) is 18.3 Å². The Hall–Kier alpha value is -2.96. The molecule has 0 unspecified atom stereocenters. The molecule has 0 fully saturated rings. The van der Waals surface area contributed by atoms with E-state index in [1.165, 1.54) is 6.33 Å². The minimum atomic E-state index is -0.00819. The number of hydrogen-bond acceptors (Lipinski definition) is 4. The molecule has 0 aliphatic carbocycles. The predicted octanol–water partition coefficient (Wildman–Crippen LogP) is 2.19. The number of carbonyl (C=O) groups is 1. The zero-order chi connectivity index (χ0) is 17.1. The molecule has 7 heteroatoms. The highest BCUT2D eigenvalue weighted by Gasteiger charge is 2.11. The van der Waals surface area contributed by atoms with Crippen LogP contribution >= 0.6 is 0 Å². The van der Waals surface area contributed by atoms with Crippen LogP contribution in [0.3, 0.4) is 0 Å². The van der Waals surface area contributed by atoms with Gasteiger partial charge in [0.15, 0.2) is 0 Å². The molecule has 0 aliphatic heterocycles. The number of amides is 1. The highest BCUT2D eigenvalue weighted by Crippen LogP contribution is 2.16. The monoisotopic (exact) mass is 324 g/mol. The van der Waals surface area contributed by atoms with Crippen molar-refractivity contribution in [3.8, 4) is 5.69 Å². The SMILES string of the molecule is Cc1nn(C)c(C)c1CCC(=O)Nc1ccc(-n2cncn2)cc1. The summed E-state index contributed by atoms with van der Waals surface area (Å²) in [6, 6.07) is 7.49. The van der Waals surface area contributed by atoms with Crippen molar-refractivity contribution in [1.82, 2.24) is 24.5 Å². The molecule has 1 N–H and O–H groups in total. The Kier molecular flexibility index (Phi) is 4.41. The van der Waals surface area contributed by atoms with Gasteiger partial charge in [-0.3, -0.25) is 9.48 Å². The van der Waals surface area contributed by atoms with E-state index >= 15 is 0 Å². The quantitative estimate of drug-likeness (QED) is 0.780. The first-order chi connectivity index (χ1) is 11.5. The Morgan fingerprint density at radius 1 is 1.21 bits per heavy atom. The molecule has 0 atom stereocenters. The number of rotatable bonds is 5. The molecule has 0 bridgehead atoms. The van der Waals surface area contributed by atoms with Gasteiger partial charge < -0.3 is 5.32 Å². The fourth-order valence-corrected chi connectivity index (χ4v) is 2.68. The number of nitrogens with one attached hydrogen (secondary N) is 1. The minimum Gasteiger partial charge on any atom is -0.326 e. The number of anilines is 1. The molecule has 3 aromatic rings. The molecular formula is C17H20N6O. The topological polar surface area (TPSA) is 77.6 Å². The van der Waals surface area contributed by atoms with E-state index in [1.807, 2.05) is 49.8 Å². The predicted molar refractivity (Wildman–Crippen MR) is 91.0 cm³/mol. The van der Waals surface area contributed by atoms with Crippen LogP contribution in [0.25, 0.3) is 5.69 Å². The van der Waals surface area contributed by atoms with Gasteiger partial charge in [-0.25, -0.2) is 9.67 Å². The Labute approximate surface area is 140 Å². The van der Waals surface area contributed by atoms with Crippen LogP contribution in [0, 0.1) is 13.8 Å². The largest absolute Gasteiger partial charge is 0.326 e. The number of benzene rings is 1. The lowest BCUT2D eigenvalue weighted by atomic mass is 10.1. The van der Waals surface area contributed by atoms with Gasteiger partial charge in [0, 0.05) is 24.8 Å². The maximum Gasteiger partial charge on any atom is 0.224 e. The first kappa shape index (κ1) is 15.9. The van der Waals surface area contributed by atoms with Gasteiger partial charge in [0.05, 0.1) is 11.4 Å². The van der Waals surface area contributed by atoms with Gasteiger partial charge in [-0.05, 0) is 50.1 Å². The Bertz CT molecular complexity index is 833. The molecule has 1 amide bonds. The standard InChI is InChI=1S/C17H20N6O/c1-12-16(13(2)22(3)21-12)8-9-17(24)20-14-4-6-15(7-5-14)23-11-18-10-19-23/h4-7,10-11H,8-9H2,1-3H3,(H,20,24). The third-order valence-corrected chi connectivity index (χ3v) is 4.10. The molecule has 24 heavy (non-hydrogen) atoms. The van der Waals surface area contributed by atoms with Crippen molar-refractivity contribution >= 4 is 11.6 Å². The van der Waals surface area contributed by atoms with E-state index in [1.54, 1.807) is 11.0 Å². The maximum absolute atomic E-state index is 12.2. The number of carbonyl (C=O) groups excluding carboxylic acids is 1. The van der Waals surface area contributed by atoms with Crippen LogP contribution in [0.5, 0.6) is 0 Å². The highest BCUT2D eigenvalue weighted by molar-refractivity contribution is 5.90. The molecule has 2 heterocycles. The fraction of sp³-hybridized carbons (Fsp3) is 0.294. The van der Waals surface area contributed by atoms with E-state index in [2.05, 4.69) is 20.5 Å². The van der Waals surface area contributed by atoms with Crippen molar-refractivity contribution < 1.29 is 4.79 Å². The lowest BCUT2D eigenvalue weighted by molar-refractivity contribution is -0.116. The van der Waals surface area contributed by atoms with Crippen LogP contribution in [0.2, 0.25) is 0 Å². The fourth-order valence-electron chi connectivity index (χ4n) is 2.68. The summed E-state index contributed by atoms with van der Waals surface area (Å²) in [5, 5.41) is 11.4. The molecule has 0 aliphatic rings. The normalized spacial score (nSPS) is 10.8. The Morgan fingerprint density at radius 3 is 2.54 bits per heavy atom. The third-order valence-electron chi connectivity index (χ3n) is 4.10. The molecule has 0 spiro atoms. The van der Waals surface area contributed by atoms with Crippen molar-refractivity contribution in [2.75, 3.05) is 5.32 Å². The average Bonchev–Trinajstić information content (AvgIpc) is 3.17. The summed E-state index contributed by atoms with van der Waals surface area (Å²) in [5.41, 5.74) is 4.90. The maximum atomic E-state index is 12.2. The van der Waals surface area contributed by atoms with Crippen LogP contribution in [0.15, 0.2) is 36.9 Å². The number of nitrogens with zero attached hydrogens (tertiary/aromatic N) is 5. The molecule has 0 saturated heterocycles. The van der Waals surface area contributed by atoms with Gasteiger partial charge in [0.1, 0.15) is 12.7 Å². The molecule has 124 valence electrons. The molecule has 0 radical (unpaired) electrons. The van der Waals surface area contributed by atoms with Crippen LogP contribution in [0.1, 0.15) is 23.4 Å². The second kappa shape index (κ2) is 6.66. The van der Waals surface area contributed by atoms with Crippen molar-refractivity contribution in [3.05, 3.63) is 53.9 Å². The lowest BCUT2D eigenvalue weighted by Crippen LogP contribution is -2.12. The van der Waals surface area contributed by atoms with E-state index < -0.39 is 0 Å². The summed E-state index contributed by atoms with van der Waals surface area (Å²) >= 11 is 0. The van der Waals surface area contributed by atoms with E-state index in [0.29, 0.717) is 12.8 Å². The summed E-state index contributed by atoms with van der Waals surface area (Å²) in [7, 11) is 1.92. The van der Waals surface area contributed by atoms with Gasteiger partial charge in [-0.15, -0.1) is 0 Å². The molecular weight excluding hydrogens is 304 g/mol. The Balaban J connectivity index is 1.59. The second-order valence-electron chi connectivity index (χ2n) is 5.71. The second-order valence-corrected chi connectivity index (χ2v) is 5.71. The summed E-state index contributed by atoms with van der Waals surface area (Å²) in [6.07, 6.45) is 4.23. The summed E-state index contributed by atoms with van der Waals surface area (Å²) in [5.74, 6) is -0.00819. The van der Waals surface area contributed by atoms with Gasteiger partial charge in [0.2, 0.25) is 5.91 Å². The number of aromatic nitrogens is 5. The van der Waals surface area contributed by atoms with Crippen molar-refractivity contribution in [2.45, 2.75) is 26.7 Å². The highest BCUT2D eigenvalue weighted by atomic mass is 16.1. The number of aryl methyl sites for hydroxylation is 2. The zero-order valence-electron chi connectivity index (χ0n) is 14.0. The Morgan fingerprint density at radius 2 is 1.96 bits per heavy atom. The molecule has 0 saturated carbocycles. The van der Waals surface area contributed by atoms with Crippen LogP contribution < -0.4 is 5.32 Å².